The summed E-state index contributed by atoms with van der Waals surface area (Å²) in [6.45, 7) is 0.671. The number of carbonyl (C=O) groups excluding carboxylic acids is 2. The number of hydrogen-bond acceptors (Lipinski definition) is 3. The van der Waals surface area contributed by atoms with Gasteiger partial charge in [-0.05, 0) is 31.7 Å². The fourth-order valence-corrected chi connectivity index (χ4v) is 3.61. The van der Waals surface area contributed by atoms with Crippen LogP contribution in [0.5, 0.6) is 0 Å². The standard InChI is InChI=1S/C16H20N2O3/c19-14-8-2-1-5-11(14)13-7-4-10-18(13)16(21)12-6-3-9-15(20)17-12/h3,6,9,11,13H,1-2,4-5,7-8,10H2,(H,17,20). The molecule has 1 saturated heterocycles. The molecule has 5 nitrogen and oxygen atoms in total. The number of Topliss-reactive ketones (excluding diaryl/α,β-unsaturated/α-hetero) is 1. The van der Waals surface area contributed by atoms with E-state index >= 15 is 0 Å². The third-order valence-corrected chi connectivity index (χ3v) is 4.63. The molecular formula is C16H20N2O3. The number of H-pyrrole nitrogens is 1. The summed E-state index contributed by atoms with van der Waals surface area (Å²) in [6.07, 6.45) is 5.39. The first kappa shape index (κ1) is 14.0. The fourth-order valence-electron chi connectivity index (χ4n) is 3.61. The molecule has 2 unspecified atom stereocenters. The van der Waals surface area contributed by atoms with Gasteiger partial charge in [0.1, 0.15) is 11.5 Å². The van der Waals surface area contributed by atoms with Gasteiger partial charge in [-0.15, -0.1) is 0 Å². The van der Waals surface area contributed by atoms with E-state index in [2.05, 4.69) is 4.98 Å². The van der Waals surface area contributed by atoms with Crippen molar-refractivity contribution >= 4 is 11.7 Å². The molecule has 2 fully saturated rings. The molecule has 2 heterocycles. The molecule has 0 radical (unpaired) electrons. The maximum atomic E-state index is 12.6. The molecule has 1 aliphatic carbocycles. The molecule has 5 heteroatoms. The van der Waals surface area contributed by atoms with Crippen LogP contribution in [0.2, 0.25) is 0 Å². The molecule has 2 aliphatic rings. The van der Waals surface area contributed by atoms with Crippen molar-refractivity contribution in [2.75, 3.05) is 6.54 Å². The monoisotopic (exact) mass is 288 g/mol. The molecule has 1 aromatic heterocycles. The second-order valence-corrected chi connectivity index (χ2v) is 5.96. The Morgan fingerprint density at radius 3 is 2.76 bits per heavy atom. The minimum atomic E-state index is -0.273. The van der Waals surface area contributed by atoms with Gasteiger partial charge in [0.2, 0.25) is 5.56 Å². The molecule has 0 aromatic carbocycles. The molecule has 21 heavy (non-hydrogen) atoms. The first-order chi connectivity index (χ1) is 10.2. The molecular weight excluding hydrogens is 268 g/mol. The van der Waals surface area contributed by atoms with Gasteiger partial charge in [0.05, 0.1) is 0 Å². The van der Waals surface area contributed by atoms with Crippen molar-refractivity contribution in [2.24, 2.45) is 5.92 Å². The van der Waals surface area contributed by atoms with Crippen molar-refractivity contribution < 1.29 is 9.59 Å². The highest BCUT2D eigenvalue weighted by Gasteiger charge is 2.39. The number of nitrogens with one attached hydrogen (secondary N) is 1. The highest BCUT2D eigenvalue weighted by Crippen LogP contribution is 2.32. The number of pyridine rings is 1. The quantitative estimate of drug-likeness (QED) is 0.901. The number of aromatic nitrogens is 1. The summed E-state index contributed by atoms with van der Waals surface area (Å²) >= 11 is 0. The summed E-state index contributed by atoms with van der Waals surface area (Å²) in [7, 11) is 0. The van der Waals surface area contributed by atoms with E-state index in [1.807, 2.05) is 0 Å². The summed E-state index contributed by atoms with van der Waals surface area (Å²) in [5, 5.41) is 0. The lowest BCUT2D eigenvalue weighted by Gasteiger charge is -2.33. The van der Waals surface area contributed by atoms with Gasteiger partial charge in [0.15, 0.2) is 0 Å². The average molecular weight is 288 g/mol. The molecule has 0 spiro atoms. The van der Waals surface area contributed by atoms with Gasteiger partial charge in [-0.25, -0.2) is 0 Å². The molecule has 112 valence electrons. The number of likely N-dealkylation sites (tertiary alicyclic amines) is 1. The number of rotatable bonds is 2. The van der Waals surface area contributed by atoms with Gasteiger partial charge in [-0.1, -0.05) is 12.5 Å². The molecule has 1 saturated carbocycles. The zero-order valence-corrected chi connectivity index (χ0v) is 12.0. The van der Waals surface area contributed by atoms with Crippen LogP contribution in [0.15, 0.2) is 23.0 Å². The Labute approximate surface area is 123 Å². The van der Waals surface area contributed by atoms with E-state index < -0.39 is 0 Å². The fraction of sp³-hybridized carbons (Fsp3) is 0.562. The summed E-state index contributed by atoms with van der Waals surface area (Å²) in [5.74, 6) is 0.127. The second kappa shape index (κ2) is 5.84. The molecule has 1 amide bonds. The van der Waals surface area contributed by atoms with Crippen LogP contribution in [0.3, 0.4) is 0 Å². The third kappa shape index (κ3) is 2.77. The van der Waals surface area contributed by atoms with Crippen molar-refractivity contribution in [3.8, 4) is 0 Å². The first-order valence-electron chi connectivity index (χ1n) is 7.70. The van der Waals surface area contributed by atoms with E-state index in [-0.39, 0.29) is 23.4 Å². The van der Waals surface area contributed by atoms with E-state index in [0.717, 1.165) is 32.1 Å². The Kier molecular flexibility index (Phi) is 3.90. The van der Waals surface area contributed by atoms with Crippen molar-refractivity contribution in [1.82, 2.24) is 9.88 Å². The number of nitrogens with zero attached hydrogens (tertiary/aromatic N) is 1. The number of carbonyl (C=O) groups is 2. The first-order valence-corrected chi connectivity index (χ1v) is 7.70. The van der Waals surface area contributed by atoms with Crippen LogP contribution in [0, 0.1) is 5.92 Å². The molecule has 1 N–H and O–H groups in total. The summed E-state index contributed by atoms with van der Waals surface area (Å²) in [5.41, 5.74) is 0.0444. The highest BCUT2D eigenvalue weighted by molar-refractivity contribution is 5.93. The number of ketones is 1. The van der Waals surface area contributed by atoms with Crippen LogP contribution in [-0.2, 0) is 4.79 Å². The lowest BCUT2D eigenvalue weighted by Crippen LogP contribution is -2.44. The smallest absolute Gasteiger partial charge is 0.270 e. The molecule has 0 bridgehead atoms. The van der Waals surface area contributed by atoms with E-state index in [9.17, 15) is 14.4 Å². The average Bonchev–Trinajstić information content (AvgIpc) is 2.96. The number of amides is 1. The van der Waals surface area contributed by atoms with Gasteiger partial charge >= 0.3 is 0 Å². The molecule has 2 atom stereocenters. The van der Waals surface area contributed by atoms with Crippen molar-refractivity contribution in [3.63, 3.8) is 0 Å². The maximum absolute atomic E-state index is 12.6. The summed E-state index contributed by atoms with van der Waals surface area (Å²) in [4.78, 5) is 40.5. The minimum absolute atomic E-state index is 0.00834. The van der Waals surface area contributed by atoms with Gasteiger partial charge in [-0.3, -0.25) is 14.4 Å². The van der Waals surface area contributed by atoms with Crippen LogP contribution in [0.4, 0.5) is 0 Å². The van der Waals surface area contributed by atoms with Crippen LogP contribution in [-0.4, -0.2) is 34.2 Å². The number of hydrogen-bond donors (Lipinski definition) is 1. The highest BCUT2D eigenvalue weighted by atomic mass is 16.2. The van der Waals surface area contributed by atoms with E-state index in [0.29, 0.717) is 24.4 Å². The SMILES string of the molecule is O=C1CCCCC1C1CCCN1C(=O)c1cccc(=O)[nH]1. The second-order valence-electron chi connectivity index (χ2n) is 5.96. The lowest BCUT2D eigenvalue weighted by atomic mass is 9.82. The molecule has 1 aliphatic heterocycles. The Morgan fingerprint density at radius 2 is 2.00 bits per heavy atom. The van der Waals surface area contributed by atoms with Crippen molar-refractivity contribution in [2.45, 2.75) is 44.6 Å². The van der Waals surface area contributed by atoms with Crippen LogP contribution in [0.25, 0.3) is 0 Å². The zero-order chi connectivity index (χ0) is 14.8. The maximum Gasteiger partial charge on any atom is 0.270 e. The van der Waals surface area contributed by atoms with E-state index in [1.54, 1.807) is 17.0 Å². The van der Waals surface area contributed by atoms with Gasteiger partial charge in [0.25, 0.3) is 5.91 Å². The Hall–Kier alpha value is -1.91. The Bertz CT molecular complexity index is 608. The largest absolute Gasteiger partial charge is 0.334 e. The topological polar surface area (TPSA) is 70.2 Å². The minimum Gasteiger partial charge on any atom is -0.334 e. The molecule has 3 rings (SSSR count). The van der Waals surface area contributed by atoms with Gasteiger partial charge in [0, 0.05) is 31.0 Å². The van der Waals surface area contributed by atoms with Crippen molar-refractivity contribution in [1.29, 1.82) is 0 Å². The van der Waals surface area contributed by atoms with Crippen LogP contribution < -0.4 is 5.56 Å². The number of aromatic amines is 1. The van der Waals surface area contributed by atoms with Crippen LogP contribution in [0.1, 0.15) is 49.0 Å². The predicted octanol–water partition coefficient (Wildman–Crippen LogP) is 1.74. The van der Waals surface area contributed by atoms with Gasteiger partial charge in [-0.2, -0.15) is 0 Å². The van der Waals surface area contributed by atoms with E-state index in [1.165, 1.54) is 6.07 Å². The Balaban J connectivity index is 1.82. The predicted molar refractivity (Wildman–Crippen MR) is 78.1 cm³/mol. The third-order valence-electron chi connectivity index (χ3n) is 4.63. The molecule has 1 aromatic rings. The van der Waals surface area contributed by atoms with Crippen molar-refractivity contribution in [3.05, 3.63) is 34.2 Å². The Morgan fingerprint density at radius 1 is 1.14 bits per heavy atom. The van der Waals surface area contributed by atoms with Crippen LogP contribution >= 0.6 is 0 Å². The zero-order valence-electron chi connectivity index (χ0n) is 12.0. The lowest BCUT2D eigenvalue weighted by molar-refractivity contribution is -0.126. The summed E-state index contributed by atoms with van der Waals surface area (Å²) < 4.78 is 0. The summed E-state index contributed by atoms with van der Waals surface area (Å²) in [6, 6.07) is 4.61. The van der Waals surface area contributed by atoms with E-state index in [4.69, 9.17) is 0 Å². The normalized spacial score (nSPS) is 26.1. The van der Waals surface area contributed by atoms with Gasteiger partial charge < -0.3 is 9.88 Å².